The first-order chi connectivity index (χ1) is 13.8. The van der Waals surface area contributed by atoms with Gasteiger partial charge in [0.1, 0.15) is 5.50 Å². The molecule has 2 heterocycles. The van der Waals surface area contributed by atoms with Crippen LogP contribution in [-0.2, 0) is 4.79 Å². The first-order valence-corrected chi connectivity index (χ1v) is 11.9. The van der Waals surface area contributed by atoms with Gasteiger partial charge in [0.05, 0.1) is 12.6 Å². The van der Waals surface area contributed by atoms with Gasteiger partial charge in [-0.2, -0.15) is 13.2 Å². The summed E-state index contributed by atoms with van der Waals surface area (Å²) in [5.74, 6) is -1.77. The van der Waals surface area contributed by atoms with Crippen molar-refractivity contribution in [3.63, 3.8) is 0 Å². The summed E-state index contributed by atoms with van der Waals surface area (Å²) in [4.78, 5) is 17.1. The van der Waals surface area contributed by atoms with Gasteiger partial charge in [-0.1, -0.05) is 19.8 Å². The Kier molecular flexibility index (Phi) is 6.40. The molecule has 7 atom stereocenters. The Hall–Kier alpha value is -0.510. The van der Waals surface area contributed by atoms with Gasteiger partial charge in [0.2, 0.25) is 5.91 Å². The Labute approximate surface area is 175 Å². The second kappa shape index (κ2) is 8.55. The number of nitrogens with zero attached hydrogens (tertiary/aromatic N) is 2. The Morgan fingerprint density at radius 2 is 1.93 bits per heavy atom. The van der Waals surface area contributed by atoms with Gasteiger partial charge in [-0.15, -0.1) is 11.8 Å². The number of hydrazine groups is 1. The third-order valence-electron chi connectivity index (χ3n) is 7.58. The number of fused-ring (bicyclic) bond motifs is 1. The van der Waals surface area contributed by atoms with Gasteiger partial charge in [0.25, 0.3) is 0 Å². The number of nitrogens with one attached hydrogen (secondary N) is 2. The SMILES string of the molecule is C[C@H](SC1NNCN1C)C1CCCC(N2CC3C(CCCC3C(F)(F)F)C2=O)C1. The molecule has 0 bridgehead atoms. The summed E-state index contributed by atoms with van der Waals surface area (Å²) in [6.07, 6.45) is 1.17. The number of alkyl halides is 3. The summed E-state index contributed by atoms with van der Waals surface area (Å²) in [6.45, 7) is 3.36. The average molecular weight is 435 g/mol. The number of amides is 1. The maximum atomic E-state index is 13.5. The number of hydrogen-bond acceptors (Lipinski definition) is 5. The molecule has 2 aliphatic carbocycles. The van der Waals surface area contributed by atoms with Gasteiger partial charge >= 0.3 is 6.18 Å². The highest BCUT2D eigenvalue weighted by Gasteiger charge is 2.55. The molecule has 0 aromatic rings. The summed E-state index contributed by atoms with van der Waals surface area (Å²) in [5, 5.41) is 0.431. The number of hydrogen-bond donors (Lipinski definition) is 2. The Bertz CT molecular complexity index is 607. The average Bonchev–Trinajstić information content (AvgIpc) is 3.24. The van der Waals surface area contributed by atoms with E-state index in [4.69, 9.17) is 0 Å². The van der Waals surface area contributed by atoms with E-state index >= 15 is 0 Å². The largest absolute Gasteiger partial charge is 0.392 e. The van der Waals surface area contributed by atoms with E-state index in [0.29, 0.717) is 30.6 Å². The van der Waals surface area contributed by atoms with Crippen LogP contribution in [0.1, 0.15) is 51.9 Å². The monoisotopic (exact) mass is 434 g/mol. The molecule has 5 nitrogen and oxygen atoms in total. The van der Waals surface area contributed by atoms with E-state index in [1.165, 1.54) is 0 Å². The second-order valence-corrected chi connectivity index (χ2v) is 10.8. The molecule has 0 radical (unpaired) electrons. The lowest BCUT2D eigenvalue weighted by atomic mass is 9.73. The van der Waals surface area contributed by atoms with Crippen molar-refractivity contribution < 1.29 is 18.0 Å². The van der Waals surface area contributed by atoms with Crippen LogP contribution in [0.15, 0.2) is 0 Å². The van der Waals surface area contributed by atoms with E-state index in [9.17, 15) is 18.0 Å². The lowest BCUT2D eigenvalue weighted by molar-refractivity contribution is -0.198. The maximum absolute atomic E-state index is 13.5. The molecule has 4 fully saturated rings. The Morgan fingerprint density at radius 1 is 1.17 bits per heavy atom. The van der Waals surface area contributed by atoms with Crippen LogP contribution in [0.25, 0.3) is 0 Å². The minimum absolute atomic E-state index is 0.00343. The molecule has 0 spiro atoms. The number of halogens is 3. The van der Waals surface area contributed by atoms with E-state index < -0.39 is 23.9 Å². The van der Waals surface area contributed by atoms with Crippen molar-refractivity contribution in [2.24, 2.45) is 23.7 Å². The minimum Gasteiger partial charge on any atom is -0.339 e. The standard InChI is InChI=1S/C20H33F3N4OS/c1-12(29-19-25-24-11-26(19)2)13-5-3-6-14(9-13)27-10-16-15(18(27)28)7-4-8-17(16)20(21,22)23/h12-17,19,24-25H,3-11H2,1-2H3/t12-,13?,14?,15?,16?,17?,19?/m0/s1. The lowest BCUT2D eigenvalue weighted by Crippen LogP contribution is -2.43. The van der Waals surface area contributed by atoms with Gasteiger partial charge in [0.15, 0.2) is 0 Å². The predicted molar refractivity (Wildman–Crippen MR) is 108 cm³/mol. The molecule has 29 heavy (non-hydrogen) atoms. The first-order valence-electron chi connectivity index (χ1n) is 11.0. The molecule has 2 saturated heterocycles. The Morgan fingerprint density at radius 3 is 2.62 bits per heavy atom. The third kappa shape index (κ3) is 4.43. The molecule has 9 heteroatoms. The molecule has 6 unspecified atom stereocenters. The van der Waals surface area contributed by atoms with Crippen LogP contribution < -0.4 is 10.9 Å². The van der Waals surface area contributed by atoms with Crippen molar-refractivity contribution in [3.05, 3.63) is 0 Å². The van der Waals surface area contributed by atoms with Crippen molar-refractivity contribution in [2.45, 2.75) is 74.8 Å². The molecular weight excluding hydrogens is 401 g/mol. The van der Waals surface area contributed by atoms with Crippen LogP contribution in [0.2, 0.25) is 0 Å². The minimum atomic E-state index is -4.19. The van der Waals surface area contributed by atoms with Gasteiger partial charge in [-0.25, -0.2) is 10.9 Å². The fraction of sp³-hybridized carbons (Fsp3) is 0.950. The van der Waals surface area contributed by atoms with Crippen LogP contribution in [-0.4, -0.2) is 58.9 Å². The van der Waals surface area contributed by atoms with E-state index in [1.54, 1.807) is 0 Å². The smallest absolute Gasteiger partial charge is 0.339 e. The van der Waals surface area contributed by atoms with Crippen LogP contribution in [0.4, 0.5) is 13.2 Å². The van der Waals surface area contributed by atoms with Crippen LogP contribution in [0.3, 0.4) is 0 Å². The van der Waals surface area contributed by atoms with E-state index in [-0.39, 0.29) is 23.9 Å². The first kappa shape index (κ1) is 21.7. The van der Waals surface area contributed by atoms with Gasteiger partial charge in [-0.05, 0) is 51.0 Å². The zero-order valence-corrected chi connectivity index (χ0v) is 18.1. The van der Waals surface area contributed by atoms with Crippen molar-refractivity contribution in [2.75, 3.05) is 20.3 Å². The zero-order chi connectivity index (χ0) is 20.8. The van der Waals surface area contributed by atoms with E-state index in [2.05, 4.69) is 29.7 Å². The number of thioether (sulfide) groups is 1. The highest BCUT2D eigenvalue weighted by atomic mass is 32.2. The van der Waals surface area contributed by atoms with Crippen molar-refractivity contribution in [1.82, 2.24) is 20.7 Å². The normalized spacial score (nSPS) is 40.3. The number of rotatable bonds is 4. The maximum Gasteiger partial charge on any atom is 0.392 e. The van der Waals surface area contributed by atoms with Crippen LogP contribution in [0.5, 0.6) is 0 Å². The molecule has 4 rings (SSSR count). The molecule has 1 amide bonds. The fourth-order valence-corrected chi connectivity index (χ4v) is 7.22. The molecule has 166 valence electrons. The van der Waals surface area contributed by atoms with Crippen LogP contribution >= 0.6 is 11.8 Å². The summed E-state index contributed by atoms with van der Waals surface area (Å²) in [5.41, 5.74) is 6.65. The molecule has 2 N–H and O–H groups in total. The molecule has 2 aliphatic heterocycles. The summed E-state index contributed by atoms with van der Waals surface area (Å²) < 4.78 is 40.6. The highest BCUT2D eigenvalue weighted by Crippen LogP contribution is 2.49. The quantitative estimate of drug-likeness (QED) is 0.710. The number of likely N-dealkylation sites (tertiary alicyclic amines) is 1. The number of carbonyl (C=O) groups is 1. The predicted octanol–water partition coefficient (Wildman–Crippen LogP) is 3.38. The van der Waals surface area contributed by atoms with Crippen molar-refractivity contribution in [1.29, 1.82) is 0 Å². The molecular formula is C20H33F3N4OS. The molecule has 2 saturated carbocycles. The molecule has 0 aromatic heterocycles. The Balaban J connectivity index is 1.40. The van der Waals surface area contributed by atoms with E-state index in [1.807, 2.05) is 16.7 Å². The van der Waals surface area contributed by atoms with Crippen LogP contribution in [0, 0.1) is 23.7 Å². The summed E-state index contributed by atoms with van der Waals surface area (Å²) in [6, 6.07) is 0.108. The van der Waals surface area contributed by atoms with Gasteiger partial charge in [-0.3, -0.25) is 9.69 Å². The molecule has 0 aromatic carbocycles. The summed E-state index contributed by atoms with van der Waals surface area (Å²) >= 11 is 1.89. The summed E-state index contributed by atoms with van der Waals surface area (Å²) in [7, 11) is 2.07. The second-order valence-electron chi connectivity index (χ2n) is 9.35. The van der Waals surface area contributed by atoms with E-state index in [0.717, 1.165) is 32.4 Å². The van der Waals surface area contributed by atoms with Crippen molar-refractivity contribution in [3.8, 4) is 0 Å². The highest BCUT2D eigenvalue weighted by molar-refractivity contribution is 8.00. The lowest BCUT2D eigenvalue weighted by Gasteiger charge is -2.38. The van der Waals surface area contributed by atoms with Gasteiger partial charge in [0, 0.05) is 23.8 Å². The number of carbonyl (C=O) groups excluding carboxylic acids is 1. The zero-order valence-electron chi connectivity index (χ0n) is 17.3. The fourth-order valence-electron chi connectivity index (χ4n) is 5.91. The van der Waals surface area contributed by atoms with Gasteiger partial charge < -0.3 is 4.90 Å². The topological polar surface area (TPSA) is 47.6 Å². The third-order valence-corrected chi connectivity index (χ3v) is 9.13. The van der Waals surface area contributed by atoms with Crippen molar-refractivity contribution >= 4 is 17.7 Å². The molecule has 4 aliphatic rings.